The Kier molecular flexibility index (Phi) is 5.78. The highest BCUT2D eigenvalue weighted by Gasteiger charge is 2.08. The molecular weight excluding hydrogens is 196 g/mol. The second-order valence-electron chi connectivity index (χ2n) is 2.38. The van der Waals surface area contributed by atoms with Crippen molar-refractivity contribution in [2.75, 3.05) is 7.11 Å². The fourth-order valence-electron chi connectivity index (χ4n) is 0.897. The minimum Gasteiger partial charge on any atom is -0.478 e. The molecule has 0 unspecified atom stereocenters. The fourth-order valence-corrected chi connectivity index (χ4v) is 0.897. The quantitative estimate of drug-likeness (QED) is 0.760. The number of carboxylic acids is 1. The molecule has 1 aromatic rings. The molecule has 0 atom stereocenters. The van der Waals surface area contributed by atoms with Crippen LogP contribution in [0.15, 0.2) is 24.3 Å². The normalized spacial score (nSPS) is 8.47. The van der Waals surface area contributed by atoms with E-state index >= 15 is 0 Å². The molecule has 0 bridgehead atoms. The van der Waals surface area contributed by atoms with Gasteiger partial charge in [-0.05, 0) is 18.2 Å². The molecule has 0 aromatic heterocycles. The van der Waals surface area contributed by atoms with Gasteiger partial charge in [-0.3, -0.25) is 0 Å². The second-order valence-corrected chi connectivity index (χ2v) is 2.38. The zero-order valence-electron chi connectivity index (χ0n) is 8.98. The van der Waals surface area contributed by atoms with Crippen LogP contribution in [0.2, 0.25) is 0 Å². The summed E-state index contributed by atoms with van der Waals surface area (Å²) in [5.41, 5.74) is 0.310. The van der Waals surface area contributed by atoms with Crippen molar-refractivity contribution in [3.63, 3.8) is 0 Å². The third-order valence-electron chi connectivity index (χ3n) is 1.53. The number of methoxy groups -OCH3 is 1. The van der Waals surface area contributed by atoms with Crippen LogP contribution in [-0.4, -0.2) is 24.2 Å². The molecule has 0 radical (unpaired) electrons. The van der Waals surface area contributed by atoms with Crippen LogP contribution in [0.5, 0.6) is 0 Å². The van der Waals surface area contributed by atoms with Crippen molar-refractivity contribution >= 4 is 11.9 Å². The maximum Gasteiger partial charge on any atom is 0.337 e. The van der Waals surface area contributed by atoms with E-state index in [9.17, 15) is 9.59 Å². The van der Waals surface area contributed by atoms with E-state index in [1.807, 2.05) is 13.8 Å². The molecule has 0 aliphatic carbocycles. The topological polar surface area (TPSA) is 63.6 Å². The van der Waals surface area contributed by atoms with Gasteiger partial charge in [-0.15, -0.1) is 0 Å². The van der Waals surface area contributed by atoms with Gasteiger partial charge in [-0.1, -0.05) is 19.9 Å². The molecule has 0 heterocycles. The van der Waals surface area contributed by atoms with E-state index in [2.05, 4.69) is 4.74 Å². The van der Waals surface area contributed by atoms with Crippen LogP contribution in [0.3, 0.4) is 0 Å². The van der Waals surface area contributed by atoms with Gasteiger partial charge < -0.3 is 9.84 Å². The minimum atomic E-state index is -1.06. The molecule has 1 rings (SSSR count). The molecule has 4 nitrogen and oxygen atoms in total. The number of ether oxygens (including phenoxy) is 1. The van der Waals surface area contributed by atoms with Crippen LogP contribution < -0.4 is 0 Å². The Morgan fingerprint density at radius 3 is 2.20 bits per heavy atom. The molecule has 0 saturated heterocycles. The summed E-state index contributed by atoms with van der Waals surface area (Å²) >= 11 is 0. The predicted molar refractivity (Wildman–Crippen MR) is 56.1 cm³/mol. The van der Waals surface area contributed by atoms with Gasteiger partial charge in [0, 0.05) is 0 Å². The van der Waals surface area contributed by atoms with Crippen molar-refractivity contribution in [1.29, 1.82) is 0 Å². The summed E-state index contributed by atoms with van der Waals surface area (Å²) in [6.45, 7) is 4.00. The van der Waals surface area contributed by atoms with E-state index in [0.717, 1.165) is 0 Å². The molecular formula is C11H14O4. The number of esters is 1. The average Bonchev–Trinajstić information content (AvgIpc) is 2.30. The van der Waals surface area contributed by atoms with E-state index in [1.165, 1.54) is 31.4 Å². The largest absolute Gasteiger partial charge is 0.478 e. The van der Waals surface area contributed by atoms with Crippen molar-refractivity contribution in [3.8, 4) is 0 Å². The summed E-state index contributed by atoms with van der Waals surface area (Å²) in [5, 5.41) is 8.61. The van der Waals surface area contributed by atoms with Crippen LogP contribution in [0, 0.1) is 0 Å². The van der Waals surface area contributed by atoms with Gasteiger partial charge in [0.05, 0.1) is 18.2 Å². The van der Waals surface area contributed by atoms with Crippen LogP contribution in [0.4, 0.5) is 0 Å². The molecule has 1 aromatic carbocycles. The summed E-state index contributed by atoms with van der Waals surface area (Å²) in [4.78, 5) is 21.5. The summed E-state index contributed by atoms with van der Waals surface area (Å²) in [6.07, 6.45) is 0. The van der Waals surface area contributed by atoms with Gasteiger partial charge in [0.25, 0.3) is 0 Å². The number of benzene rings is 1. The highest BCUT2D eigenvalue weighted by atomic mass is 16.5. The van der Waals surface area contributed by atoms with E-state index < -0.39 is 11.9 Å². The lowest BCUT2D eigenvalue weighted by Crippen LogP contribution is -2.03. The Morgan fingerprint density at radius 1 is 1.20 bits per heavy atom. The first-order valence-corrected chi connectivity index (χ1v) is 4.57. The maximum absolute atomic E-state index is 11.0. The molecule has 1 N–H and O–H groups in total. The smallest absolute Gasteiger partial charge is 0.337 e. The zero-order chi connectivity index (χ0) is 11.8. The van der Waals surface area contributed by atoms with E-state index in [1.54, 1.807) is 0 Å². The van der Waals surface area contributed by atoms with Crippen molar-refractivity contribution in [2.24, 2.45) is 0 Å². The maximum atomic E-state index is 11.0. The minimum absolute atomic E-state index is 0.0721. The third-order valence-corrected chi connectivity index (χ3v) is 1.53. The molecule has 15 heavy (non-hydrogen) atoms. The van der Waals surface area contributed by atoms with Crippen LogP contribution in [-0.2, 0) is 4.74 Å². The Morgan fingerprint density at radius 2 is 1.73 bits per heavy atom. The number of hydrogen-bond acceptors (Lipinski definition) is 3. The van der Waals surface area contributed by atoms with Crippen molar-refractivity contribution < 1.29 is 19.4 Å². The van der Waals surface area contributed by atoms with Crippen molar-refractivity contribution in [1.82, 2.24) is 0 Å². The Labute approximate surface area is 88.5 Å². The number of rotatable bonds is 2. The van der Waals surface area contributed by atoms with Crippen molar-refractivity contribution in [3.05, 3.63) is 35.4 Å². The Balaban J connectivity index is 0.000000921. The molecule has 0 spiro atoms. The predicted octanol–water partition coefficient (Wildman–Crippen LogP) is 2.20. The highest BCUT2D eigenvalue weighted by Crippen LogP contribution is 2.06. The first-order chi connectivity index (χ1) is 7.15. The third kappa shape index (κ3) is 3.81. The molecule has 0 fully saturated rings. The average molecular weight is 210 g/mol. The second kappa shape index (κ2) is 6.59. The highest BCUT2D eigenvalue weighted by molar-refractivity contribution is 5.94. The van der Waals surface area contributed by atoms with Gasteiger partial charge in [-0.25, -0.2) is 9.59 Å². The van der Waals surface area contributed by atoms with Crippen LogP contribution >= 0.6 is 0 Å². The standard InChI is InChI=1S/C9H8O4.C2H6/c1-13-9(12)7-4-2-3-6(5-7)8(10)11;1-2/h2-5H,1H3,(H,10,11);1-2H3. The molecule has 0 amide bonds. The SMILES string of the molecule is CC.COC(=O)c1cccc(C(=O)O)c1. The van der Waals surface area contributed by atoms with Gasteiger partial charge in [0.2, 0.25) is 0 Å². The van der Waals surface area contributed by atoms with E-state index in [-0.39, 0.29) is 11.1 Å². The first-order valence-electron chi connectivity index (χ1n) is 4.57. The lowest BCUT2D eigenvalue weighted by molar-refractivity contribution is 0.0600. The van der Waals surface area contributed by atoms with Gasteiger partial charge in [-0.2, -0.15) is 0 Å². The Bertz CT molecular complexity index is 344. The number of carbonyl (C=O) groups is 2. The number of carbonyl (C=O) groups excluding carboxylic acids is 1. The summed E-state index contributed by atoms with van der Waals surface area (Å²) in [6, 6.07) is 5.68. The van der Waals surface area contributed by atoms with Crippen molar-refractivity contribution in [2.45, 2.75) is 13.8 Å². The van der Waals surface area contributed by atoms with Crippen LogP contribution in [0.1, 0.15) is 34.6 Å². The lowest BCUT2D eigenvalue weighted by atomic mass is 10.1. The van der Waals surface area contributed by atoms with E-state index in [4.69, 9.17) is 5.11 Å². The fraction of sp³-hybridized carbons (Fsp3) is 0.273. The van der Waals surface area contributed by atoms with Gasteiger partial charge in [0.15, 0.2) is 0 Å². The zero-order valence-corrected chi connectivity index (χ0v) is 8.98. The van der Waals surface area contributed by atoms with Crippen LogP contribution in [0.25, 0.3) is 0 Å². The molecule has 0 saturated carbocycles. The summed E-state index contributed by atoms with van der Waals surface area (Å²) < 4.78 is 4.44. The molecule has 82 valence electrons. The lowest BCUT2D eigenvalue weighted by Gasteiger charge is -1.99. The molecule has 0 aliphatic rings. The number of carboxylic acid groups (broad SMARTS) is 1. The first kappa shape index (κ1) is 13.2. The number of hydrogen-bond donors (Lipinski definition) is 1. The van der Waals surface area contributed by atoms with E-state index in [0.29, 0.717) is 0 Å². The van der Waals surface area contributed by atoms with Gasteiger partial charge >= 0.3 is 11.9 Å². The Hall–Kier alpha value is -1.84. The van der Waals surface area contributed by atoms with Gasteiger partial charge in [0.1, 0.15) is 0 Å². The summed E-state index contributed by atoms with van der Waals surface area (Å²) in [5.74, 6) is -1.60. The summed E-state index contributed by atoms with van der Waals surface area (Å²) in [7, 11) is 1.25. The molecule has 0 aliphatic heterocycles. The number of aromatic carboxylic acids is 1. The monoisotopic (exact) mass is 210 g/mol. The molecule has 4 heteroatoms.